The molecule has 0 aromatic carbocycles. The third kappa shape index (κ3) is 2.34. The van der Waals surface area contributed by atoms with Crippen LogP contribution in [0.2, 0.25) is 0 Å². The highest BCUT2D eigenvalue weighted by atomic mass is 79.9. The molecule has 0 spiro atoms. The van der Waals surface area contributed by atoms with Crippen molar-refractivity contribution in [1.82, 2.24) is 4.98 Å². The third-order valence-corrected chi connectivity index (χ3v) is 4.11. The number of aliphatic hydroxyl groups is 1. The zero-order valence-corrected chi connectivity index (χ0v) is 11.5. The van der Waals surface area contributed by atoms with Crippen molar-refractivity contribution in [1.29, 1.82) is 0 Å². The number of pyridine rings is 1. The van der Waals surface area contributed by atoms with Gasteiger partial charge in [0.15, 0.2) is 0 Å². The van der Waals surface area contributed by atoms with Crippen LogP contribution in [-0.2, 0) is 0 Å². The third-order valence-electron chi connectivity index (χ3n) is 2.36. The smallest absolute Gasteiger partial charge is 0.106 e. The summed E-state index contributed by atoms with van der Waals surface area (Å²) in [6, 6.07) is 3.84. The molecule has 4 heteroatoms. The van der Waals surface area contributed by atoms with E-state index in [0.717, 1.165) is 27.0 Å². The first kappa shape index (κ1) is 11.8. The van der Waals surface area contributed by atoms with Crippen LogP contribution in [0.15, 0.2) is 27.4 Å². The van der Waals surface area contributed by atoms with Crippen molar-refractivity contribution < 1.29 is 5.11 Å². The summed E-state index contributed by atoms with van der Waals surface area (Å²) >= 11 is 5.01. The fraction of sp³-hybridized carbons (Fsp3) is 0.250. The van der Waals surface area contributed by atoms with Gasteiger partial charge < -0.3 is 5.11 Å². The summed E-state index contributed by atoms with van der Waals surface area (Å²) in [5.41, 5.74) is 3.67. The number of aryl methyl sites for hydroxylation is 2. The fourth-order valence-electron chi connectivity index (χ4n) is 1.69. The molecule has 2 aromatic rings. The van der Waals surface area contributed by atoms with Crippen LogP contribution < -0.4 is 0 Å². The zero-order valence-electron chi connectivity index (χ0n) is 9.07. The number of hydrogen-bond donors (Lipinski definition) is 1. The lowest BCUT2D eigenvalue weighted by molar-refractivity contribution is 0.220. The lowest BCUT2D eigenvalue weighted by atomic mass is 10.0. The Morgan fingerprint density at radius 3 is 2.38 bits per heavy atom. The van der Waals surface area contributed by atoms with E-state index in [2.05, 4.69) is 20.9 Å². The van der Waals surface area contributed by atoms with Crippen molar-refractivity contribution in [3.05, 3.63) is 49.9 Å². The number of thiophene rings is 1. The van der Waals surface area contributed by atoms with Crippen LogP contribution in [0.25, 0.3) is 0 Å². The molecule has 2 heterocycles. The minimum absolute atomic E-state index is 0.582. The molecule has 1 atom stereocenters. The molecule has 0 radical (unpaired) electrons. The predicted molar refractivity (Wildman–Crippen MR) is 69.8 cm³/mol. The van der Waals surface area contributed by atoms with Gasteiger partial charge in [0.05, 0.1) is 0 Å². The molecule has 0 fully saturated rings. The summed E-state index contributed by atoms with van der Waals surface area (Å²) in [4.78, 5) is 4.30. The Hall–Kier alpha value is -0.710. The van der Waals surface area contributed by atoms with Crippen molar-refractivity contribution in [3.63, 3.8) is 0 Å². The van der Waals surface area contributed by atoms with E-state index in [1.54, 1.807) is 11.3 Å². The van der Waals surface area contributed by atoms with E-state index in [-0.39, 0.29) is 0 Å². The number of halogens is 1. The first-order valence-electron chi connectivity index (χ1n) is 4.93. The molecule has 0 bridgehead atoms. The van der Waals surface area contributed by atoms with Gasteiger partial charge >= 0.3 is 0 Å². The van der Waals surface area contributed by atoms with Gasteiger partial charge in [-0.2, -0.15) is 11.3 Å². The quantitative estimate of drug-likeness (QED) is 0.919. The first-order valence-corrected chi connectivity index (χ1v) is 6.66. The maximum absolute atomic E-state index is 10.3. The summed E-state index contributed by atoms with van der Waals surface area (Å²) in [6.07, 6.45) is -0.582. The van der Waals surface area contributed by atoms with E-state index in [1.807, 2.05) is 36.7 Å². The molecule has 0 aliphatic rings. The Kier molecular flexibility index (Phi) is 3.42. The average molecular weight is 298 g/mol. The van der Waals surface area contributed by atoms with Gasteiger partial charge in [-0.25, -0.2) is 0 Å². The monoisotopic (exact) mass is 297 g/mol. The maximum Gasteiger partial charge on any atom is 0.106 e. The van der Waals surface area contributed by atoms with Gasteiger partial charge in [0, 0.05) is 26.8 Å². The van der Waals surface area contributed by atoms with E-state index in [4.69, 9.17) is 0 Å². The normalized spacial score (nSPS) is 12.8. The summed E-state index contributed by atoms with van der Waals surface area (Å²) in [5, 5.41) is 14.2. The summed E-state index contributed by atoms with van der Waals surface area (Å²) in [7, 11) is 0. The first-order chi connectivity index (χ1) is 7.58. The van der Waals surface area contributed by atoms with Crippen molar-refractivity contribution in [2.45, 2.75) is 20.0 Å². The van der Waals surface area contributed by atoms with Crippen LogP contribution in [0.1, 0.15) is 28.6 Å². The second-order valence-electron chi connectivity index (χ2n) is 3.76. The molecular formula is C12H12BrNOS. The lowest BCUT2D eigenvalue weighted by Gasteiger charge is -2.11. The molecule has 16 heavy (non-hydrogen) atoms. The highest BCUT2D eigenvalue weighted by Gasteiger charge is 2.15. The van der Waals surface area contributed by atoms with Crippen LogP contribution >= 0.6 is 27.3 Å². The molecule has 0 aliphatic carbocycles. The molecule has 1 unspecified atom stereocenters. The average Bonchev–Trinajstić information content (AvgIpc) is 2.62. The zero-order chi connectivity index (χ0) is 11.7. The topological polar surface area (TPSA) is 33.1 Å². The van der Waals surface area contributed by atoms with Crippen LogP contribution in [0, 0.1) is 13.8 Å². The Balaban J connectivity index is 2.41. The van der Waals surface area contributed by atoms with E-state index in [1.165, 1.54) is 0 Å². The minimum Gasteiger partial charge on any atom is -0.384 e. The summed E-state index contributed by atoms with van der Waals surface area (Å²) in [6.45, 7) is 3.87. The molecule has 2 nitrogen and oxygen atoms in total. The second kappa shape index (κ2) is 4.65. The van der Waals surface area contributed by atoms with Crippen LogP contribution in [0.3, 0.4) is 0 Å². The Morgan fingerprint density at radius 1 is 1.25 bits per heavy atom. The van der Waals surface area contributed by atoms with Gasteiger partial charge in [-0.1, -0.05) is 0 Å². The van der Waals surface area contributed by atoms with E-state index >= 15 is 0 Å². The van der Waals surface area contributed by atoms with Crippen molar-refractivity contribution in [3.8, 4) is 0 Å². The van der Waals surface area contributed by atoms with E-state index < -0.39 is 6.10 Å². The minimum atomic E-state index is -0.582. The predicted octanol–water partition coefficient (Wildman–Crippen LogP) is 3.60. The Labute approximate surface area is 107 Å². The lowest BCUT2D eigenvalue weighted by Crippen LogP contribution is -2.01. The van der Waals surface area contributed by atoms with Crippen molar-refractivity contribution in [2.24, 2.45) is 0 Å². The molecule has 2 aromatic heterocycles. The number of rotatable bonds is 2. The molecular weight excluding hydrogens is 286 g/mol. The molecule has 0 aliphatic heterocycles. The standard InChI is InChI=1S/C12H12BrNOS/c1-7-3-9(4-8(2)14-7)12(15)10-5-16-6-11(10)13/h3-6,12,15H,1-2H3. The molecule has 84 valence electrons. The second-order valence-corrected chi connectivity index (χ2v) is 5.36. The SMILES string of the molecule is Cc1cc(C(O)c2cscc2Br)cc(C)n1. The summed E-state index contributed by atoms with van der Waals surface area (Å²) in [5.74, 6) is 0. The van der Waals surface area contributed by atoms with Gasteiger partial charge in [0.25, 0.3) is 0 Å². The van der Waals surface area contributed by atoms with Crippen LogP contribution in [-0.4, -0.2) is 10.1 Å². The highest BCUT2D eigenvalue weighted by molar-refractivity contribution is 9.10. The van der Waals surface area contributed by atoms with Gasteiger partial charge in [0.2, 0.25) is 0 Å². The maximum atomic E-state index is 10.3. The highest BCUT2D eigenvalue weighted by Crippen LogP contribution is 2.31. The number of aliphatic hydroxyl groups excluding tert-OH is 1. The van der Waals surface area contributed by atoms with Gasteiger partial charge in [-0.3, -0.25) is 4.98 Å². The van der Waals surface area contributed by atoms with Crippen molar-refractivity contribution in [2.75, 3.05) is 0 Å². The Morgan fingerprint density at radius 2 is 1.88 bits per heavy atom. The molecule has 2 rings (SSSR count). The number of nitrogens with zero attached hydrogens (tertiary/aromatic N) is 1. The van der Waals surface area contributed by atoms with E-state index in [0.29, 0.717) is 0 Å². The Bertz CT molecular complexity index is 489. The van der Waals surface area contributed by atoms with Gasteiger partial charge in [0.1, 0.15) is 6.10 Å². The number of hydrogen-bond acceptors (Lipinski definition) is 3. The largest absolute Gasteiger partial charge is 0.384 e. The summed E-state index contributed by atoms with van der Waals surface area (Å²) < 4.78 is 0.956. The van der Waals surface area contributed by atoms with Crippen LogP contribution in [0.5, 0.6) is 0 Å². The molecule has 0 saturated carbocycles. The van der Waals surface area contributed by atoms with Crippen LogP contribution in [0.4, 0.5) is 0 Å². The van der Waals surface area contributed by atoms with E-state index in [9.17, 15) is 5.11 Å². The number of aromatic nitrogens is 1. The van der Waals surface area contributed by atoms with Gasteiger partial charge in [-0.05, 0) is 52.9 Å². The molecule has 0 amide bonds. The fourth-order valence-corrected chi connectivity index (χ4v) is 3.22. The van der Waals surface area contributed by atoms with Crippen molar-refractivity contribution >= 4 is 27.3 Å². The van der Waals surface area contributed by atoms with Gasteiger partial charge in [-0.15, -0.1) is 0 Å². The molecule has 1 N–H and O–H groups in total. The molecule has 0 saturated heterocycles.